The van der Waals surface area contributed by atoms with Gasteiger partial charge in [0.2, 0.25) is 5.91 Å². The van der Waals surface area contributed by atoms with Crippen molar-refractivity contribution < 1.29 is 4.79 Å². The normalized spacial score (nSPS) is 46.9. The number of carbonyl (C=O) groups excluding carboxylic acids is 1. The van der Waals surface area contributed by atoms with Crippen molar-refractivity contribution in [3.05, 3.63) is 5.21 Å². The van der Waals surface area contributed by atoms with Crippen molar-refractivity contribution in [2.75, 3.05) is 0 Å². The quantitative estimate of drug-likeness (QED) is 0.707. The lowest BCUT2D eigenvalue weighted by molar-refractivity contribution is -0.128. The molecule has 84 valence electrons. The largest absolute Gasteiger partial charge is 0.759 e. The zero-order valence-corrected chi connectivity index (χ0v) is 9.00. The van der Waals surface area contributed by atoms with E-state index in [-0.39, 0.29) is 11.3 Å². The van der Waals surface area contributed by atoms with Crippen molar-refractivity contribution >= 4 is 5.91 Å². The smallest absolute Gasteiger partial charge is 0.210 e. The molecule has 4 fully saturated rings. The Labute approximate surface area is 90.2 Å². The Morgan fingerprint density at radius 3 is 2.00 bits per heavy atom. The first-order chi connectivity index (χ1) is 7.19. The molecule has 0 aromatic carbocycles. The molecule has 0 aromatic heterocycles. The van der Waals surface area contributed by atoms with Crippen LogP contribution in [0.5, 0.6) is 0 Å². The van der Waals surface area contributed by atoms with Crippen molar-refractivity contribution in [3.8, 4) is 0 Å². The molecule has 15 heavy (non-hydrogen) atoms. The molecule has 0 unspecified atom stereocenters. The SMILES string of the molecule is O=C(CC12CC3CC(CC(C3)C1)C2)N[O-]. The fourth-order valence-electron chi connectivity index (χ4n) is 4.88. The van der Waals surface area contributed by atoms with Gasteiger partial charge < -0.3 is 10.7 Å². The van der Waals surface area contributed by atoms with Gasteiger partial charge >= 0.3 is 0 Å². The average Bonchev–Trinajstić information content (AvgIpc) is 2.14. The number of hydroxylamine groups is 1. The van der Waals surface area contributed by atoms with Gasteiger partial charge in [0.15, 0.2) is 0 Å². The van der Waals surface area contributed by atoms with Crippen molar-refractivity contribution in [1.82, 2.24) is 5.48 Å². The summed E-state index contributed by atoms with van der Waals surface area (Å²) in [5, 5.41) is 10.4. The number of rotatable bonds is 2. The first-order valence-corrected chi connectivity index (χ1v) is 6.10. The van der Waals surface area contributed by atoms with E-state index in [1.165, 1.54) is 38.5 Å². The summed E-state index contributed by atoms with van der Waals surface area (Å²) in [6.07, 6.45) is 8.25. The van der Waals surface area contributed by atoms with Gasteiger partial charge in [0, 0.05) is 6.42 Å². The van der Waals surface area contributed by atoms with Crippen molar-refractivity contribution in [3.63, 3.8) is 0 Å². The van der Waals surface area contributed by atoms with Crippen LogP contribution in [-0.2, 0) is 4.79 Å². The average molecular weight is 208 g/mol. The van der Waals surface area contributed by atoms with Gasteiger partial charge in [-0.2, -0.15) is 0 Å². The van der Waals surface area contributed by atoms with Crippen LogP contribution >= 0.6 is 0 Å². The second-order valence-corrected chi connectivity index (χ2v) is 6.12. The number of nitrogens with one attached hydrogen (secondary N) is 1. The summed E-state index contributed by atoms with van der Waals surface area (Å²) in [4.78, 5) is 11.3. The van der Waals surface area contributed by atoms with Crippen LogP contribution in [-0.4, -0.2) is 5.91 Å². The molecule has 1 N–H and O–H groups in total. The van der Waals surface area contributed by atoms with E-state index in [1.807, 2.05) is 0 Å². The van der Waals surface area contributed by atoms with E-state index in [4.69, 9.17) is 0 Å². The third-order valence-corrected chi connectivity index (χ3v) is 4.81. The number of carbonyl (C=O) groups is 1. The minimum absolute atomic E-state index is 0.212. The van der Waals surface area contributed by atoms with E-state index >= 15 is 0 Å². The zero-order valence-electron chi connectivity index (χ0n) is 9.00. The fraction of sp³-hybridized carbons (Fsp3) is 0.917. The number of hydrogen-bond donors (Lipinski definition) is 1. The molecule has 4 bridgehead atoms. The molecule has 4 rings (SSSR count). The van der Waals surface area contributed by atoms with E-state index in [0.717, 1.165) is 17.8 Å². The summed E-state index contributed by atoms with van der Waals surface area (Å²) >= 11 is 0. The molecule has 0 spiro atoms. The Hall–Kier alpha value is -0.570. The van der Waals surface area contributed by atoms with Gasteiger partial charge in [0.25, 0.3) is 0 Å². The van der Waals surface area contributed by atoms with Gasteiger partial charge in [-0.3, -0.25) is 4.79 Å². The van der Waals surface area contributed by atoms with Gasteiger partial charge in [0.1, 0.15) is 0 Å². The van der Waals surface area contributed by atoms with Crippen LogP contribution < -0.4 is 5.48 Å². The summed E-state index contributed by atoms with van der Waals surface area (Å²) in [7, 11) is 0. The Morgan fingerprint density at radius 1 is 1.13 bits per heavy atom. The number of amides is 1. The van der Waals surface area contributed by atoms with Gasteiger partial charge in [0.05, 0.1) is 0 Å². The predicted molar refractivity (Wildman–Crippen MR) is 56.7 cm³/mol. The maximum atomic E-state index is 11.3. The van der Waals surface area contributed by atoms with E-state index in [9.17, 15) is 10.0 Å². The zero-order chi connectivity index (χ0) is 10.5. The van der Waals surface area contributed by atoms with Crippen LogP contribution in [0.1, 0.15) is 44.9 Å². The van der Waals surface area contributed by atoms with Crippen LogP contribution in [0.2, 0.25) is 0 Å². The lowest BCUT2D eigenvalue weighted by atomic mass is 9.49. The maximum Gasteiger partial charge on any atom is 0.210 e. The monoisotopic (exact) mass is 208 g/mol. The highest BCUT2D eigenvalue weighted by atomic mass is 16.5. The highest BCUT2D eigenvalue weighted by molar-refractivity contribution is 5.77. The van der Waals surface area contributed by atoms with Crippen LogP contribution in [0.15, 0.2) is 0 Å². The van der Waals surface area contributed by atoms with Crippen LogP contribution in [0, 0.1) is 28.4 Å². The van der Waals surface area contributed by atoms with Gasteiger partial charge in [-0.15, -0.1) is 0 Å². The fourth-order valence-corrected chi connectivity index (χ4v) is 4.88. The molecule has 4 aliphatic rings. The highest BCUT2D eigenvalue weighted by Gasteiger charge is 2.51. The molecule has 3 nitrogen and oxygen atoms in total. The highest BCUT2D eigenvalue weighted by Crippen LogP contribution is 2.61. The summed E-state index contributed by atoms with van der Waals surface area (Å²) in [6.45, 7) is 0. The van der Waals surface area contributed by atoms with Crippen LogP contribution in [0.4, 0.5) is 0 Å². The van der Waals surface area contributed by atoms with Gasteiger partial charge in [-0.25, -0.2) is 0 Å². The van der Waals surface area contributed by atoms with Gasteiger partial charge in [-0.1, -0.05) is 0 Å². The third kappa shape index (κ3) is 1.57. The molecular weight excluding hydrogens is 190 g/mol. The molecule has 4 aliphatic carbocycles. The molecule has 0 radical (unpaired) electrons. The van der Waals surface area contributed by atoms with Crippen molar-refractivity contribution in [1.29, 1.82) is 0 Å². The van der Waals surface area contributed by atoms with E-state index in [2.05, 4.69) is 0 Å². The molecule has 4 saturated carbocycles. The minimum Gasteiger partial charge on any atom is -0.759 e. The molecule has 1 amide bonds. The van der Waals surface area contributed by atoms with Crippen molar-refractivity contribution in [2.45, 2.75) is 44.9 Å². The second kappa shape index (κ2) is 3.21. The summed E-state index contributed by atoms with van der Waals surface area (Å²) < 4.78 is 0. The Balaban J connectivity index is 1.78. The molecular formula is C12H18NO2-. The maximum absolute atomic E-state index is 11.3. The Morgan fingerprint density at radius 2 is 1.60 bits per heavy atom. The standard InChI is InChI=1S/C12H18NO2/c14-11(13-15)7-12-4-8-1-9(5-12)3-10(2-8)6-12/h8-10H,1-7H2,(H-,13,14,15)/q-1. The Bertz CT molecular complexity index is 252. The lowest BCUT2D eigenvalue weighted by Crippen LogP contribution is -2.47. The molecule has 3 heteroatoms. The lowest BCUT2D eigenvalue weighted by Gasteiger charge is -2.56. The molecule has 0 heterocycles. The molecule has 0 aliphatic heterocycles. The van der Waals surface area contributed by atoms with E-state index < -0.39 is 0 Å². The second-order valence-electron chi connectivity index (χ2n) is 6.12. The first kappa shape index (κ1) is 9.64. The van der Waals surface area contributed by atoms with Crippen LogP contribution in [0.3, 0.4) is 0 Å². The summed E-state index contributed by atoms with van der Waals surface area (Å²) in [5.74, 6) is 2.28. The third-order valence-electron chi connectivity index (χ3n) is 4.81. The molecule has 0 aromatic rings. The van der Waals surface area contributed by atoms with E-state index in [1.54, 1.807) is 5.48 Å². The van der Waals surface area contributed by atoms with Crippen LogP contribution in [0.25, 0.3) is 0 Å². The topological polar surface area (TPSA) is 52.2 Å². The van der Waals surface area contributed by atoms with Gasteiger partial charge in [-0.05, 0) is 61.7 Å². The molecule has 0 saturated heterocycles. The Kier molecular flexibility index (Phi) is 2.06. The summed E-state index contributed by atoms with van der Waals surface area (Å²) in [5.41, 5.74) is 1.76. The number of hydrogen-bond acceptors (Lipinski definition) is 2. The van der Waals surface area contributed by atoms with E-state index in [0.29, 0.717) is 6.42 Å². The predicted octanol–water partition coefficient (Wildman–Crippen LogP) is 2.21. The van der Waals surface area contributed by atoms with Crippen molar-refractivity contribution in [2.24, 2.45) is 23.2 Å². The first-order valence-electron chi connectivity index (χ1n) is 6.10. The molecule has 0 atom stereocenters. The summed E-state index contributed by atoms with van der Waals surface area (Å²) in [6, 6.07) is 0. The minimum atomic E-state index is -0.294.